The molecule has 22 heavy (non-hydrogen) atoms. The smallest absolute Gasteiger partial charge is 0.295 e. The third-order valence-corrected chi connectivity index (χ3v) is 3.62. The predicted octanol–water partition coefficient (Wildman–Crippen LogP) is 3.96. The van der Waals surface area contributed by atoms with Crippen LogP contribution in [0.4, 0.5) is 6.01 Å². The van der Waals surface area contributed by atoms with Gasteiger partial charge < -0.3 is 15.5 Å². The van der Waals surface area contributed by atoms with Gasteiger partial charge >= 0.3 is 0 Å². The Morgan fingerprint density at radius 1 is 1.27 bits per heavy atom. The number of nitrogens with zero attached hydrogens (tertiary/aromatic N) is 2. The van der Waals surface area contributed by atoms with Gasteiger partial charge in [0, 0.05) is 29.4 Å². The molecule has 7 heteroatoms. The molecule has 0 saturated carbocycles. The molecule has 1 aromatic carbocycles. The van der Waals surface area contributed by atoms with Gasteiger partial charge in [0.15, 0.2) is 5.58 Å². The second-order valence-corrected chi connectivity index (χ2v) is 5.84. The molecular formula is C15H14Cl2N4O. The van der Waals surface area contributed by atoms with Gasteiger partial charge in [-0.25, -0.2) is 0 Å². The first kappa shape index (κ1) is 15.1. The Labute approximate surface area is 137 Å². The second kappa shape index (κ2) is 6.12. The van der Waals surface area contributed by atoms with Crippen molar-refractivity contribution in [2.24, 2.45) is 5.73 Å². The van der Waals surface area contributed by atoms with Crippen LogP contribution in [0.2, 0.25) is 10.0 Å². The summed E-state index contributed by atoms with van der Waals surface area (Å²) in [7, 11) is 0. The van der Waals surface area contributed by atoms with Crippen LogP contribution in [0.3, 0.4) is 0 Å². The van der Waals surface area contributed by atoms with E-state index in [1.54, 1.807) is 24.4 Å². The minimum Gasteiger partial charge on any atom is -0.423 e. The van der Waals surface area contributed by atoms with Crippen LogP contribution in [0.25, 0.3) is 22.4 Å². The molecule has 0 unspecified atom stereocenters. The Morgan fingerprint density at radius 2 is 2.09 bits per heavy atom. The molecule has 0 aliphatic carbocycles. The summed E-state index contributed by atoms with van der Waals surface area (Å²) in [4.78, 5) is 8.70. The maximum Gasteiger partial charge on any atom is 0.295 e. The molecule has 3 aromatic rings. The fourth-order valence-electron chi connectivity index (χ4n) is 2.06. The van der Waals surface area contributed by atoms with Crippen molar-refractivity contribution in [3.05, 3.63) is 40.5 Å². The first-order valence-electron chi connectivity index (χ1n) is 6.75. The molecule has 2 aromatic heterocycles. The van der Waals surface area contributed by atoms with Crippen LogP contribution >= 0.6 is 23.2 Å². The Bertz CT molecular complexity index is 801. The van der Waals surface area contributed by atoms with Crippen molar-refractivity contribution in [2.45, 2.75) is 13.0 Å². The average molecular weight is 337 g/mol. The van der Waals surface area contributed by atoms with E-state index in [0.717, 1.165) is 5.56 Å². The number of pyridine rings is 1. The highest BCUT2D eigenvalue weighted by atomic mass is 35.5. The van der Waals surface area contributed by atoms with Crippen LogP contribution in [-0.2, 0) is 0 Å². The van der Waals surface area contributed by atoms with Gasteiger partial charge in [-0.2, -0.15) is 4.98 Å². The number of fused-ring (bicyclic) bond motifs is 1. The van der Waals surface area contributed by atoms with E-state index >= 15 is 0 Å². The quantitative estimate of drug-likeness (QED) is 0.754. The molecule has 1 atom stereocenters. The van der Waals surface area contributed by atoms with Crippen molar-refractivity contribution in [3.63, 3.8) is 0 Å². The zero-order valence-electron chi connectivity index (χ0n) is 11.8. The molecular weight excluding hydrogens is 323 g/mol. The van der Waals surface area contributed by atoms with E-state index in [-0.39, 0.29) is 6.04 Å². The molecule has 114 valence electrons. The van der Waals surface area contributed by atoms with Crippen molar-refractivity contribution in [3.8, 4) is 11.3 Å². The fraction of sp³-hybridized carbons (Fsp3) is 0.200. The first-order valence-corrected chi connectivity index (χ1v) is 7.51. The summed E-state index contributed by atoms with van der Waals surface area (Å²) >= 11 is 12.1. The molecule has 2 heterocycles. The largest absolute Gasteiger partial charge is 0.423 e. The van der Waals surface area contributed by atoms with E-state index in [9.17, 15) is 0 Å². The summed E-state index contributed by atoms with van der Waals surface area (Å²) in [5.74, 6) is 0. The van der Waals surface area contributed by atoms with E-state index in [1.807, 2.05) is 13.0 Å². The fourth-order valence-corrected chi connectivity index (χ4v) is 2.38. The SMILES string of the molecule is C[C@@H](CN)Nc1nc2cc(Cl)cc(-c3ccc(Cl)cn3)c2o1. The molecule has 3 rings (SSSR count). The molecule has 0 saturated heterocycles. The summed E-state index contributed by atoms with van der Waals surface area (Å²) in [5, 5.41) is 4.23. The Kier molecular flexibility index (Phi) is 4.20. The van der Waals surface area contributed by atoms with Gasteiger partial charge in [0.05, 0.1) is 10.7 Å². The first-order chi connectivity index (χ1) is 10.6. The van der Waals surface area contributed by atoms with Gasteiger partial charge in [0.25, 0.3) is 6.01 Å². The summed E-state index contributed by atoms with van der Waals surface area (Å²) in [6.07, 6.45) is 1.58. The molecule has 5 nitrogen and oxygen atoms in total. The molecule has 0 aliphatic heterocycles. The number of rotatable bonds is 4. The van der Waals surface area contributed by atoms with Crippen LogP contribution in [0.15, 0.2) is 34.9 Å². The van der Waals surface area contributed by atoms with Crippen molar-refractivity contribution in [1.29, 1.82) is 0 Å². The average Bonchev–Trinajstić information content (AvgIpc) is 2.89. The molecule has 0 aliphatic rings. The summed E-state index contributed by atoms with van der Waals surface area (Å²) in [6.45, 7) is 2.43. The number of aromatic nitrogens is 2. The zero-order valence-corrected chi connectivity index (χ0v) is 13.3. The standard InChI is InChI=1S/C15H14Cl2N4O/c1-8(6-18)20-15-21-13-5-10(17)4-11(14(13)22-15)12-3-2-9(16)7-19-12/h2-5,7-8H,6,18H2,1H3,(H,20,21)/t8-/m0/s1. The maximum absolute atomic E-state index is 6.17. The predicted molar refractivity (Wildman–Crippen MR) is 89.4 cm³/mol. The Balaban J connectivity index is 2.11. The molecule has 3 N–H and O–H groups in total. The van der Waals surface area contributed by atoms with E-state index in [0.29, 0.717) is 39.4 Å². The number of halogens is 2. The van der Waals surface area contributed by atoms with E-state index in [4.69, 9.17) is 33.4 Å². The molecule has 0 spiro atoms. The lowest BCUT2D eigenvalue weighted by Gasteiger charge is -2.07. The van der Waals surface area contributed by atoms with Crippen molar-refractivity contribution >= 4 is 40.3 Å². The number of benzene rings is 1. The number of nitrogens with two attached hydrogens (primary N) is 1. The van der Waals surface area contributed by atoms with Gasteiger partial charge in [0.2, 0.25) is 0 Å². The van der Waals surface area contributed by atoms with E-state index < -0.39 is 0 Å². The number of hydrogen-bond donors (Lipinski definition) is 2. The third kappa shape index (κ3) is 3.02. The maximum atomic E-state index is 6.17. The van der Waals surface area contributed by atoms with Gasteiger partial charge in [0.1, 0.15) is 5.52 Å². The van der Waals surface area contributed by atoms with Crippen molar-refractivity contribution in [2.75, 3.05) is 11.9 Å². The lowest BCUT2D eigenvalue weighted by Crippen LogP contribution is -2.25. The van der Waals surface area contributed by atoms with Crippen LogP contribution in [-0.4, -0.2) is 22.6 Å². The number of anilines is 1. The topological polar surface area (TPSA) is 77.0 Å². The van der Waals surface area contributed by atoms with Gasteiger partial charge in [-0.05, 0) is 31.2 Å². The van der Waals surface area contributed by atoms with E-state index in [1.165, 1.54) is 0 Å². The monoisotopic (exact) mass is 336 g/mol. The molecule has 0 bridgehead atoms. The summed E-state index contributed by atoms with van der Waals surface area (Å²) in [6, 6.07) is 7.58. The van der Waals surface area contributed by atoms with Crippen LogP contribution in [0.1, 0.15) is 6.92 Å². The minimum atomic E-state index is 0.0561. The van der Waals surface area contributed by atoms with Gasteiger partial charge in [-0.3, -0.25) is 4.98 Å². The molecule has 0 fully saturated rings. The van der Waals surface area contributed by atoms with Crippen LogP contribution in [0.5, 0.6) is 0 Å². The Morgan fingerprint density at radius 3 is 2.77 bits per heavy atom. The number of nitrogens with one attached hydrogen (secondary N) is 1. The molecule has 0 radical (unpaired) electrons. The lowest BCUT2D eigenvalue weighted by molar-refractivity contribution is 0.601. The third-order valence-electron chi connectivity index (χ3n) is 3.18. The second-order valence-electron chi connectivity index (χ2n) is 4.96. The summed E-state index contributed by atoms with van der Waals surface area (Å²) < 4.78 is 5.80. The normalized spacial score (nSPS) is 12.5. The minimum absolute atomic E-state index is 0.0561. The van der Waals surface area contributed by atoms with Crippen LogP contribution in [0, 0.1) is 0 Å². The van der Waals surface area contributed by atoms with Gasteiger partial charge in [-0.1, -0.05) is 23.2 Å². The van der Waals surface area contributed by atoms with Gasteiger partial charge in [-0.15, -0.1) is 0 Å². The zero-order chi connectivity index (χ0) is 15.7. The number of hydrogen-bond acceptors (Lipinski definition) is 5. The van der Waals surface area contributed by atoms with E-state index in [2.05, 4.69) is 15.3 Å². The number of oxazole rings is 1. The molecule has 0 amide bonds. The highest BCUT2D eigenvalue weighted by molar-refractivity contribution is 6.32. The van der Waals surface area contributed by atoms with Crippen molar-refractivity contribution < 1.29 is 4.42 Å². The highest BCUT2D eigenvalue weighted by Crippen LogP contribution is 2.33. The summed E-state index contributed by atoms with van der Waals surface area (Å²) in [5.41, 5.74) is 8.35. The highest BCUT2D eigenvalue weighted by Gasteiger charge is 2.15. The lowest BCUT2D eigenvalue weighted by atomic mass is 10.1. The van der Waals surface area contributed by atoms with Crippen LogP contribution < -0.4 is 11.1 Å². The Hall–Kier alpha value is -1.82. The van der Waals surface area contributed by atoms with Crippen molar-refractivity contribution in [1.82, 2.24) is 9.97 Å².